The van der Waals surface area contributed by atoms with Gasteiger partial charge in [0, 0.05) is 10.6 Å². The van der Waals surface area contributed by atoms with Gasteiger partial charge < -0.3 is 14.8 Å². The van der Waals surface area contributed by atoms with Crippen LogP contribution in [0.15, 0.2) is 47.1 Å². The molecule has 0 spiro atoms. The highest BCUT2D eigenvalue weighted by molar-refractivity contribution is 6.31. The molecule has 2 aromatic rings. The van der Waals surface area contributed by atoms with E-state index in [0.29, 0.717) is 5.56 Å². The minimum atomic E-state index is -1.23. The molecule has 0 fully saturated rings. The molecule has 6 heteroatoms. The predicted molar refractivity (Wildman–Crippen MR) is 68.0 cm³/mol. The van der Waals surface area contributed by atoms with Crippen LogP contribution in [0.5, 0.6) is 0 Å². The number of benzene rings is 1. The summed E-state index contributed by atoms with van der Waals surface area (Å²) < 4.78 is 4.90. The summed E-state index contributed by atoms with van der Waals surface area (Å²) in [4.78, 5) is 23.0. The molecule has 2 rings (SSSR count). The molecule has 1 heterocycles. The number of furan rings is 1. The molecule has 2 N–H and O–H groups in total. The predicted octanol–water partition coefficient (Wildman–Crippen LogP) is 2.49. The second-order valence-corrected chi connectivity index (χ2v) is 4.15. The molecule has 0 radical (unpaired) electrons. The minimum absolute atomic E-state index is 0.0401. The topological polar surface area (TPSA) is 79.5 Å². The third-order valence-corrected chi connectivity index (χ3v) is 2.83. The Labute approximate surface area is 113 Å². The Morgan fingerprint density at radius 1 is 1.21 bits per heavy atom. The van der Waals surface area contributed by atoms with Crippen molar-refractivity contribution in [3.8, 4) is 0 Å². The zero-order valence-electron chi connectivity index (χ0n) is 9.67. The summed E-state index contributed by atoms with van der Waals surface area (Å²) in [5, 5.41) is 11.8. The summed E-state index contributed by atoms with van der Waals surface area (Å²) in [6, 6.07) is 8.19. The summed E-state index contributed by atoms with van der Waals surface area (Å²) in [5.74, 6) is -1.77. The number of nitrogens with one attached hydrogen (secondary N) is 1. The SMILES string of the molecule is O=C(NC(C(=O)O)c1ccccc1Cl)c1ccco1. The first kappa shape index (κ1) is 13.2. The highest BCUT2D eigenvalue weighted by Gasteiger charge is 2.25. The van der Waals surface area contributed by atoms with Crippen molar-refractivity contribution in [1.82, 2.24) is 5.32 Å². The fourth-order valence-electron chi connectivity index (χ4n) is 1.59. The molecule has 1 amide bonds. The Bertz CT molecular complexity index is 594. The molecule has 1 aromatic carbocycles. The number of carbonyl (C=O) groups is 2. The first-order valence-corrected chi connectivity index (χ1v) is 5.79. The lowest BCUT2D eigenvalue weighted by molar-refractivity contribution is -0.139. The lowest BCUT2D eigenvalue weighted by Gasteiger charge is -2.15. The Kier molecular flexibility index (Phi) is 3.87. The van der Waals surface area contributed by atoms with Crippen molar-refractivity contribution in [3.05, 3.63) is 59.0 Å². The second-order valence-electron chi connectivity index (χ2n) is 3.74. The summed E-state index contributed by atoms with van der Waals surface area (Å²) >= 11 is 5.93. The molecule has 98 valence electrons. The fraction of sp³-hybridized carbons (Fsp3) is 0.0769. The van der Waals surface area contributed by atoms with Gasteiger partial charge in [0.15, 0.2) is 11.8 Å². The van der Waals surface area contributed by atoms with Crippen LogP contribution in [0.3, 0.4) is 0 Å². The van der Waals surface area contributed by atoms with Gasteiger partial charge in [0.25, 0.3) is 5.91 Å². The van der Waals surface area contributed by atoms with Crippen LogP contribution < -0.4 is 5.32 Å². The van der Waals surface area contributed by atoms with Gasteiger partial charge in [-0.3, -0.25) is 4.79 Å². The van der Waals surface area contributed by atoms with Gasteiger partial charge in [0.05, 0.1) is 6.26 Å². The number of hydrogen-bond donors (Lipinski definition) is 2. The monoisotopic (exact) mass is 279 g/mol. The highest BCUT2D eigenvalue weighted by Crippen LogP contribution is 2.23. The minimum Gasteiger partial charge on any atom is -0.479 e. The molecule has 5 nitrogen and oxygen atoms in total. The van der Waals surface area contributed by atoms with E-state index in [1.807, 2.05) is 0 Å². The first-order valence-electron chi connectivity index (χ1n) is 5.41. The van der Waals surface area contributed by atoms with Crippen LogP contribution in [0.2, 0.25) is 5.02 Å². The lowest BCUT2D eigenvalue weighted by Crippen LogP contribution is -2.33. The van der Waals surface area contributed by atoms with Gasteiger partial charge in [-0.2, -0.15) is 0 Å². The average molecular weight is 280 g/mol. The number of amides is 1. The third-order valence-electron chi connectivity index (χ3n) is 2.48. The molecule has 0 aliphatic rings. The van der Waals surface area contributed by atoms with E-state index in [0.717, 1.165) is 0 Å². The Morgan fingerprint density at radius 2 is 1.95 bits per heavy atom. The number of halogens is 1. The zero-order valence-corrected chi connectivity index (χ0v) is 10.4. The van der Waals surface area contributed by atoms with E-state index in [-0.39, 0.29) is 10.8 Å². The van der Waals surface area contributed by atoms with Gasteiger partial charge >= 0.3 is 5.97 Å². The molecule has 0 aliphatic carbocycles. The number of hydrogen-bond acceptors (Lipinski definition) is 3. The Balaban J connectivity index is 2.25. The van der Waals surface area contributed by atoms with Gasteiger partial charge in [-0.15, -0.1) is 0 Å². The molecule has 0 aliphatic heterocycles. The van der Waals surface area contributed by atoms with Gasteiger partial charge in [-0.05, 0) is 18.2 Å². The summed E-state index contributed by atoms with van der Waals surface area (Å²) in [7, 11) is 0. The van der Waals surface area contributed by atoms with Crippen molar-refractivity contribution in [2.75, 3.05) is 0 Å². The molecular formula is C13H10ClNO4. The normalized spacial score (nSPS) is 11.8. The summed E-state index contributed by atoms with van der Waals surface area (Å²) in [5.41, 5.74) is 0.316. The van der Waals surface area contributed by atoms with E-state index in [1.54, 1.807) is 30.3 Å². The van der Waals surface area contributed by atoms with Crippen LogP contribution in [-0.2, 0) is 4.79 Å². The van der Waals surface area contributed by atoms with Crippen LogP contribution in [0.4, 0.5) is 0 Å². The fourth-order valence-corrected chi connectivity index (χ4v) is 1.84. The number of aliphatic carboxylic acids is 1. The molecule has 19 heavy (non-hydrogen) atoms. The molecule has 1 unspecified atom stereocenters. The van der Waals surface area contributed by atoms with Crippen LogP contribution in [-0.4, -0.2) is 17.0 Å². The van der Waals surface area contributed by atoms with Crippen molar-refractivity contribution in [1.29, 1.82) is 0 Å². The number of rotatable bonds is 4. The van der Waals surface area contributed by atoms with E-state index < -0.39 is 17.9 Å². The summed E-state index contributed by atoms with van der Waals surface area (Å²) in [6.45, 7) is 0. The second kappa shape index (κ2) is 5.58. The van der Waals surface area contributed by atoms with E-state index in [9.17, 15) is 14.7 Å². The van der Waals surface area contributed by atoms with Gasteiger partial charge in [-0.1, -0.05) is 29.8 Å². The van der Waals surface area contributed by atoms with Crippen LogP contribution in [0, 0.1) is 0 Å². The highest BCUT2D eigenvalue weighted by atomic mass is 35.5. The molecule has 0 saturated carbocycles. The molecule has 1 aromatic heterocycles. The largest absolute Gasteiger partial charge is 0.479 e. The lowest BCUT2D eigenvalue weighted by atomic mass is 10.1. The molecule has 0 bridgehead atoms. The molecule has 0 saturated heterocycles. The number of carboxylic acid groups (broad SMARTS) is 1. The van der Waals surface area contributed by atoms with Crippen molar-refractivity contribution in [2.24, 2.45) is 0 Å². The standard InChI is InChI=1S/C13H10ClNO4/c14-9-5-2-1-4-8(9)11(13(17)18)15-12(16)10-6-3-7-19-10/h1-7,11H,(H,15,16)(H,17,18). The van der Waals surface area contributed by atoms with Crippen LogP contribution >= 0.6 is 11.6 Å². The van der Waals surface area contributed by atoms with E-state index >= 15 is 0 Å². The number of carbonyl (C=O) groups excluding carboxylic acids is 1. The maximum atomic E-state index is 11.8. The maximum Gasteiger partial charge on any atom is 0.330 e. The Morgan fingerprint density at radius 3 is 2.53 bits per heavy atom. The van der Waals surface area contributed by atoms with Crippen molar-refractivity contribution in [3.63, 3.8) is 0 Å². The van der Waals surface area contributed by atoms with Crippen LogP contribution in [0.25, 0.3) is 0 Å². The zero-order chi connectivity index (χ0) is 13.8. The van der Waals surface area contributed by atoms with E-state index in [1.165, 1.54) is 12.3 Å². The van der Waals surface area contributed by atoms with Crippen molar-refractivity contribution in [2.45, 2.75) is 6.04 Å². The average Bonchev–Trinajstić information content (AvgIpc) is 2.90. The third kappa shape index (κ3) is 2.95. The van der Waals surface area contributed by atoms with Crippen molar-refractivity contribution >= 4 is 23.5 Å². The molecule has 1 atom stereocenters. The Hall–Kier alpha value is -2.27. The number of carboxylic acids is 1. The van der Waals surface area contributed by atoms with Gasteiger partial charge in [-0.25, -0.2) is 4.79 Å². The van der Waals surface area contributed by atoms with E-state index in [4.69, 9.17) is 16.0 Å². The van der Waals surface area contributed by atoms with Gasteiger partial charge in [0.1, 0.15) is 0 Å². The van der Waals surface area contributed by atoms with Crippen molar-refractivity contribution < 1.29 is 19.1 Å². The smallest absolute Gasteiger partial charge is 0.330 e. The summed E-state index contributed by atoms with van der Waals surface area (Å²) in [6.07, 6.45) is 1.33. The van der Waals surface area contributed by atoms with E-state index in [2.05, 4.69) is 5.32 Å². The quantitative estimate of drug-likeness (QED) is 0.901. The first-order chi connectivity index (χ1) is 9.09. The maximum absolute atomic E-state index is 11.8. The molecular weight excluding hydrogens is 270 g/mol. The van der Waals surface area contributed by atoms with Crippen LogP contribution in [0.1, 0.15) is 22.2 Å². The van der Waals surface area contributed by atoms with Gasteiger partial charge in [0.2, 0.25) is 0 Å².